The molecule has 0 N–H and O–H groups in total. The number of ether oxygens (including phenoxy) is 2. The standard InChI is InChI=1S/C13H10O3/c1-8-6-11-12(13(14)16-7-15-11)10-5-3-2-4-9(8)10/h2-6H,7H2,1H3. The van der Waals surface area contributed by atoms with Gasteiger partial charge in [0.05, 0.1) is 0 Å². The smallest absolute Gasteiger partial charge is 0.345 e. The first-order chi connectivity index (χ1) is 7.77. The molecule has 0 atom stereocenters. The van der Waals surface area contributed by atoms with Crippen LogP contribution in [0.5, 0.6) is 5.75 Å². The summed E-state index contributed by atoms with van der Waals surface area (Å²) < 4.78 is 10.2. The zero-order chi connectivity index (χ0) is 11.1. The first-order valence-corrected chi connectivity index (χ1v) is 5.09. The summed E-state index contributed by atoms with van der Waals surface area (Å²) >= 11 is 0. The molecule has 0 radical (unpaired) electrons. The number of cyclic esters (lactones) is 1. The summed E-state index contributed by atoms with van der Waals surface area (Å²) in [5, 5.41) is 1.95. The highest BCUT2D eigenvalue weighted by molar-refractivity contribution is 6.08. The van der Waals surface area contributed by atoms with Crippen LogP contribution in [-0.4, -0.2) is 12.8 Å². The van der Waals surface area contributed by atoms with Crippen molar-refractivity contribution in [2.24, 2.45) is 0 Å². The van der Waals surface area contributed by atoms with Crippen molar-refractivity contribution in [2.45, 2.75) is 6.92 Å². The fourth-order valence-electron chi connectivity index (χ4n) is 2.07. The van der Waals surface area contributed by atoms with E-state index < -0.39 is 0 Å². The lowest BCUT2D eigenvalue weighted by molar-refractivity contribution is 0.00533. The summed E-state index contributed by atoms with van der Waals surface area (Å²) in [7, 11) is 0. The molecule has 1 heterocycles. The second-order valence-corrected chi connectivity index (χ2v) is 3.81. The Bertz CT molecular complexity index is 587. The zero-order valence-corrected chi connectivity index (χ0v) is 8.82. The summed E-state index contributed by atoms with van der Waals surface area (Å²) in [4.78, 5) is 11.7. The Morgan fingerprint density at radius 3 is 2.69 bits per heavy atom. The average molecular weight is 214 g/mol. The van der Waals surface area contributed by atoms with Crippen molar-refractivity contribution in [3.63, 3.8) is 0 Å². The molecule has 0 amide bonds. The van der Waals surface area contributed by atoms with Crippen LogP contribution in [0.2, 0.25) is 0 Å². The van der Waals surface area contributed by atoms with E-state index in [1.807, 2.05) is 37.3 Å². The predicted octanol–water partition coefficient (Wildman–Crippen LogP) is 2.65. The number of fused-ring (bicyclic) bond motifs is 3. The van der Waals surface area contributed by atoms with Gasteiger partial charge in [0.15, 0.2) is 0 Å². The van der Waals surface area contributed by atoms with Crippen LogP contribution in [0.4, 0.5) is 0 Å². The maximum absolute atomic E-state index is 11.7. The second kappa shape index (κ2) is 3.23. The molecule has 0 bridgehead atoms. The fourth-order valence-corrected chi connectivity index (χ4v) is 2.07. The quantitative estimate of drug-likeness (QED) is 0.632. The molecule has 0 spiro atoms. The lowest BCUT2D eigenvalue weighted by atomic mass is 9.99. The van der Waals surface area contributed by atoms with Gasteiger partial charge in [-0.3, -0.25) is 0 Å². The minimum atomic E-state index is -0.308. The minimum Gasteiger partial charge on any atom is -0.456 e. The Hall–Kier alpha value is -2.03. The maximum atomic E-state index is 11.7. The van der Waals surface area contributed by atoms with E-state index in [9.17, 15) is 4.79 Å². The van der Waals surface area contributed by atoms with Crippen molar-refractivity contribution in [2.75, 3.05) is 6.79 Å². The summed E-state index contributed by atoms with van der Waals surface area (Å²) in [6.07, 6.45) is 0. The van der Waals surface area contributed by atoms with Gasteiger partial charge in [-0.15, -0.1) is 0 Å². The van der Waals surface area contributed by atoms with Gasteiger partial charge in [0.25, 0.3) is 0 Å². The Labute approximate surface area is 92.6 Å². The Morgan fingerprint density at radius 2 is 1.88 bits per heavy atom. The first-order valence-electron chi connectivity index (χ1n) is 5.09. The molecular formula is C13H10O3. The van der Waals surface area contributed by atoms with Crippen LogP contribution in [0.25, 0.3) is 10.8 Å². The monoisotopic (exact) mass is 214 g/mol. The van der Waals surface area contributed by atoms with E-state index >= 15 is 0 Å². The van der Waals surface area contributed by atoms with E-state index in [0.29, 0.717) is 11.3 Å². The predicted molar refractivity (Wildman–Crippen MR) is 59.6 cm³/mol. The van der Waals surface area contributed by atoms with Gasteiger partial charge in [-0.05, 0) is 23.9 Å². The number of aryl methyl sites for hydroxylation is 1. The largest absolute Gasteiger partial charge is 0.456 e. The number of hydrogen-bond donors (Lipinski definition) is 0. The van der Waals surface area contributed by atoms with Gasteiger partial charge < -0.3 is 9.47 Å². The number of rotatable bonds is 0. The molecule has 2 aromatic carbocycles. The topological polar surface area (TPSA) is 35.5 Å². The van der Waals surface area contributed by atoms with E-state index in [1.165, 1.54) is 0 Å². The van der Waals surface area contributed by atoms with E-state index in [4.69, 9.17) is 9.47 Å². The molecule has 0 aromatic heterocycles. The van der Waals surface area contributed by atoms with E-state index in [-0.39, 0.29) is 12.8 Å². The lowest BCUT2D eigenvalue weighted by Gasteiger charge is -2.19. The van der Waals surface area contributed by atoms with Crippen molar-refractivity contribution in [3.05, 3.63) is 41.5 Å². The van der Waals surface area contributed by atoms with Gasteiger partial charge in [0.2, 0.25) is 6.79 Å². The van der Waals surface area contributed by atoms with Crippen LogP contribution in [0.15, 0.2) is 30.3 Å². The van der Waals surface area contributed by atoms with Crippen LogP contribution < -0.4 is 4.74 Å². The third-order valence-corrected chi connectivity index (χ3v) is 2.82. The summed E-state index contributed by atoms with van der Waals surface area (Å²) in [5.74, 6) is 0.310. The molecule has 0 saturated heterocycles. The van der Waals surface area contributed by atoms with Crippen LogP contribution in [0.3, 0.4) is 0 Å². The van der Waals surface area contributed by atoms with Gasteiger partial charge in [-0.2, -0.15) is 0 Å². The van der Waals surface area contributed by atoms with Gasteiger partial charge in [0, 0.05) is 5.39 Å². The van der Waals surface area contributed by atoms with Crippen LogP contribution >= 0.6 is 0 Å². The number of hydrogen-bond acceptors (Lipinski definition) is 3. The highest BCUT2D eigenvalue weighted by atomic mass is 16.7. The van der Waals surface area contributed by atoms with Crippen LogP contribution in [0, 0.1) is 6.92 Å². The molecule has 3 nitrogen and oxygen atoms in total. The van der Waals surface area contributed by atoms with Gasteiger partial charge >= 0.3 is 5.97 Å². The summed E-state index contributed by atoms with van der Waals surface area (Å²) in [6, 6.07) is 9.66. The molecule has 0 saturated carbocycles. The van der Waals surface area contributed by atoms with Crippen molar-refractivity contribution < 1.29 is 14.3 Å². The van der Waals surface area contributed by atoms with E-state index in [1.54, 1.807) is 0 Å². The molecule has 0 unspecified atom stereocenters. The highest BCUT2D eigenvalue weighted by Crippen LogP contribution is 2.33. The molecule has 1 aliphatic heterocycles. The number of esters is 1. The fraction of sp³-hybridized carbons (Fsp3) is 0.154. The first kappa shape index (κ1) is 9.21. The van der Waals surface area contributed by atoms with Crippen LogP contribution in [-0.2, 0) is 4.74 Å². The zero-order valence-electron chi connectivity index (χ0n) is 8.82. The van der Waals surface area contributed by atoms with Crippen molar-refractivity contribution >= 4 is 16.7 Å². The molecule has 16 heavy (non-hydrogen) atoms. The van der Waals surface area contributed by atoms with Gasteiger partial charge in [-0.1, -0.05) is 24.3 Å². The number of carbonyl (C=O) groups is 1. The van der Waals surface area contributed by atoms with E-state index in [2.05, 4.69) is 0 Å². The highest BCUT2D eigenvalue weighted by Gasteiger charge is 2.23. The second-order valence-electron chi connectivity index (χ2n) is 3.81. The van der Waals surface area contributed by atoms with E-state index in [0.717, 1.165) is 16.3 Å². The molecule has 3 heteroatoms. The third kappa shape index (κ3) is 1.18. The molecular weight excluding hydrogens is 204 g/mol. The summed E-state index contributed by atoms with van der Waals surface area (Å²) in [5.41, 5.74) is 1.64. The number of carbonyl (C=O) groups excluding carboxylic acids is 1. The minimum absolute atomic E-state index is 0.00358. The molecule has 1 aliphatic rings. The average Bonchev–Trinajstić information content (AvgIpc) is 2.29. The third-order valence-electron chi connectivity index (χ3n) is 2.82. The normalized spacial score (nSPS) is 14.2. The molecule has 0 aliphatic carbocycles. The molecule has 2 aromatic rings. The molecule has 80 valence electrons. The Kier molecular flexibility index (Phi) is 1.86. The Morgan fingerprint density at radius 1 is 1.12 bits per heavy atom. The summed E-state index contributed by atoms with van der Waals surface area (Å²) in [6.45, 7) is 2.01. The van der Waals surface area contributed by atoms with Gasteiger partial charge in [0.1, 0.15) is 11.3 Å². The van der Waals surface area contributed by atoms with Crippen molar-refractivity contribution in [1.82, 2.24) is 0 Å². The van der Waals surface area contributed by atoms with Gasteiger partial charge in [-0.25, -0.2) is 4.79 Å². The molecule has 0 fully saturated rings. The van der Waals surface area contributed by atoms with Crippen molar-refractivity contribution in [3.8, 4) is 5.75 Å². The Balaban J connectivity index is 2.45. The van der Waals surface area contributed by atoms with Crippen molar-refractivity contribution in [1.29, 1.82) is 0 Å². The SMILES string of the molecule is Cc1cc2c(c3ccccc13)C(=O)OCO2. The molecule has 3 rings (SSSR count). The number of benzene rings is 2. The van der Waals surface area contributed by atoms with Crippen LogP contribution in [0.1, 0.15) is 15.9 Å². The lowest BCUT2D eigenvalue weighted by Crippen LogP contribution is -2.19. The maximum Gasteiger partial charge on any atom is 0.345 e.